The number of carbonyl (C=O) groups is 1. The van der Waals surface area contributed by atoms with Gasteiger partial charge in [0, 0.05) is 5.56 Å². The number of Topliss-reactive ketones (excluding diaryl/α,β-unsaturated/α-hetero) is 1. The minimum absolute atomic E-state index is 0.150. The van der Waals surface area contributed by atoms with Crippen molar-refractivity contribution in [3.05, 3.63) is 23.8 Å². The maximum atomic E-state index is 11.4. The zero-order valence-corrected chi connectivity index (χ0v) is 12.7. The predicted octanol–water partition coefficient (Wildman–Crippen LogP) is -0.924. The lowest BCUT2D eigenvalue weighted by Gasteiger charge is -2.39. The van der Waals surface area contributed by atoms with E-state index in [4.69, 9.17) is 19.3 Å². The second-order valence-corrected chi connectivity index (χ2v) is 5.24. The van der Waals surface area contributed by atoms with Crippen LogP contribution in [0.25, 0.3) is 0 Å². The molecule has 8 heteroatoms. The highest BCUT2D eigenvalue weighted by Crippen LogP contribution is 2.32. The van der Waals surface area contributed by atoms with Gasteiger partial charge in [0.2, 0.25) is 6.29 Å². The molecule has 5 atom stereocenters. The van der Waals surface area contributed by atoms with E-state index in [1.807, 2.05) is 0 Å². The topological polar surface area (TPSA) is 126 Å². The first kappa shape index (κ1) is 17.6. The molecule has 1 aliphatic rings. The fourth-order valence-corrected chi connectivity index (χ4v) is 2.27. The van der Waals surface area contributed by atoms with Gasteiger partial charge < -0.3 is 34.6 Å². The Labute approximate surface area is 132 Å². The summed E-state index contributed by atoms with van der Waals surface area (Å²) in [6, 6.07) is 4.46. The molecule has 1 heterocycles. The molecule has 0 aliphatic carbocycles. The van der Waals surface area contributed by atoms with Crippen molar-refractivity contribution >= 4 is 5.78 Å². The molecule has 0 bridgehead atoms. The lowest BCUT2D eigenvalue weighted by molar-refractivity contribution is -0.277. The Bertz CT molecular complexity index is 558. The number of ketones is 1. The molecule has 0 unspecified atom stereocenters. The van der Waals surface area contributed by atoms with Crippen molar-refractivity contribution in [3.8, 4) is 11.5 Å². The summed E-state index contributed by atoms with van der Waals surface area (Å²) in [7, 11) is 1.39. The van der Waals surface area contributed by atoms with E-state index >= 15 is 0 Å². The van der Waals surface area contributed by atoms with Crippen LogP contribution in [0.5, 0.6) is 11.5 Å². The van der Waals surface area contributed by atoms with E-state index in [0.717, 1.165) is 0 Å². The van der Waals surface area contributed by atoms with Crippen LogP contribution in [-0.4, -0.2) is 70.6 Å². The van der Waals surface area contributed by atoms with E-state index in [1.165, 1.54) is 32.2 Å². The Kier molecular flexibility index (Phi) is 5.55. The van der Waals surface area contributed by atoms with E-state index in [2.05, 4.69) is 0 Å². The minimum Gasteiger partial charge on any atom is -0.493 e. The summed E-state index contributed by atoms with van der Waals surface area (Å²) in [5.74, 6) is 0.277. The third-order valence-corrected chi connectivity index (χ3v) is 3.66. The fraction of sp³-hybridized carbons (Fsp3) is 0.533. The zero-order valence-electron chi connectivity index (χ0n) is 12.7. The van der Waals surface area contributed by atoms with Crippen LogP contribution < -0.4 is 9.47 Å². The molecule has 8 nitrogen and oxygen atoms in total. The summed E-state index contributed by atoms with van der Waals surface area (Å²) in [6.07, 6.45) is -6.90. The van der Waals surface area contributed by atoms with Gasteiger partial charge in [0.15, 0.2) is 17.3 Å². The molecule has 1 fully saturated rings. The highest BCUT2D eigenvalue weighted by Gasteiger charge is 2.44. The highest BCUT2D eigenvalue weighted by atomic mass is 16.7. The summed E-state index contributed by atoms with van der Waals surface area (Å²) < 4.78 is 15.9. The fourth-order valence-electron chi connectivity index (χ4n) is 2.27. The van der Waals surface area contributed by atoms with Crippen LogP contribution in [0.2, 0.25) is 0 Å². The van der Waals surface area contributed by atoms with Crippen LogP contribution >= 0.6 is 0 Å². The summed E-state index contributed by atoms with van der Waals surface area (Å²) >= 11 is 0. The van der Waals surface area contributed by atoms with Gasteiger partial charge in [0.1, 0.15) is 24.4 Å². The van der Waals surface area contributed by atoms with E-state index in [9.17, 15) is 20.1 Å². The molecule has 0 radical (unpaired) electrons. The number of carbonyl (C=O) groups excluding carboxylic acids is 1. The normalized spacial score (nSPS) is 30.8. The van der Waals surface area contributed by atoms with E-state index < -0.39 is 37.3 Å². The molecule has 0 aromatic heterocycles. The maximum Gasteiger partial charge on any atom is 0.229 e. The number of hydrogen-bond acceptors (Lipinski definition) is 8. The van der Waals surface area contributed by atoms with Crippen molar-refractivity contribution in [2.45, 2.75) is 37.6 Å². The van der Waals surface area contributed by atoms with Gasteiger partial charge in [-0.1, -0.05) is 0 Å². The largest absolute Gasteiger partial charge is 0.493 e. The Hall–Kier alpha value is -1.71. The Morgan fingerprint density at radius 3 is 2.43 bits per heavy atom. The van der Waals surface area contributed by atoms with Gasteiger partial charge in [-0.3, -0.25) is 4.79 Å². The first-order chi connectivity index (χ1) is 10.9. The highest BCUT2D eigenvalue weighted by molar-refractivity contribution is 5.94. The zero-order chi connectivity index (χ0) is 17.1. The average Bonchev–Trinajstić information content (AvgIpc) is 2.55. The van der Waals surface area contributed by atoms with Gasteiger partial charge in [-0.15, -0.1) is 0 Å². The van der Waals surface area contributed by atoms with Gasteiger partial charge in [-0.25, -0.2) is 0 Å². The second-order valence-electron chi connectivity index (χ2n) is 5.24. The molecule has 1 aliphatic heterocycles. The van der Waals surface area contributed by atoms with E-state index in [0.29, 0.717) is 5.56 Å². The van der Waals surface area contributed by atoms with E-state index in [-0.39, 0.29) is 17.3 Å². The molecule has 1 aromatic carbocycles. The number of aliphatic hydroxyl groups is 4. The Morgan fingerprint density at radius 1 is 1.17 bits per heavy atom. The smallest absolute Gasteiger partial charge is 0.229 e. The van der Waals surface area contributed by atoms with Crippen LogP contribution in [0, 0.1) is 0 Å². The van der Waals surface area contributed by atoms with Gasteiger partial charge in [0.25, 0.3) is 0 Å². The number of rotatable bonds is 5. The van der Waals surface area contributed by atoms with Gasteiger partial charge in [-0.05, 0) is 25.1 Å². The van der Waals surface area contributed by atoms with Crippen LogP contribution in [0.4, 0.5) is 0 Å². The average molecular weight is 328 g/mol. The van der Waals surface area contributed by atoms with Gasteiger partial charge >= 0.3 is 0 Å². The van der Waals surface area contributed by atoms with Crippen molar-refractivity contribution < 1.29 is 39.4 Å². The van der Waals surface area contributed by atoms with Crippen LogP contribution in [-0.2, 0) is 4.74 Å². The molecule has 128 valence electrons. The quantitative estimate of drug-likeness (QED) is 0.511. The summed E-state index contributed by atoms with van der Waals surface area (Å²) in [4.78, 5) is 11.4. The third-order valence-electron chi connectivity index (χ3n) is 3.66. The number of hydrogen-bond donors (Lipinski definition) is 4. The Balaban J connectivity index is 2.22. The summed E-state index contributed by atoms with van der Waals surface area (Å²) in [5.41, 5.74) is 0.419. The molecular formula is C15H20O8. The van der Waals surface area contributed by atoms with Crippen molar-refractivity contribution in [1.82, 2.24) is 0 Å². The molecule has 1 aromatic rings. The molecule has 23 heavy (non-hydrogen) atoms. The first-order valence-corrected chi connectivity index (χ1v) is 7.05. The molecule has 4 N–H and O–H groups in total. The first-order valence-electron chi connectivity index (χ1n) is 7.05. The monoisotopic (exact) mass is 328 g/mol. The van der Waals surface area contributed by atoms with Crippen molar-refractivity contribution in [2.24, 2.45) is 0 Å². The minimum atomic E-state index is -1.53. The van der Waals surface area contributed by atoms with Gasteiger partial charge in [0.05, 0.1) is 13.7 Å². The van der Waals surface area contributed by atoms with Crippen LogP contribution in [0.1, 0.15) is 17.3 Å². The van der Waals surface area contributed by atoms with Crippen LogP contribution in [0.3, 0.4) is 0 Å². The number of ether oxygens (including phenoxy) is 3. The van der Waals surface area contributed by atoms with Crippen molar-refractivity contribution in [3.63, 3.8) is 0 Å². The van der Waals surface area contributed by atoms with Crippen LogP contribution in [0.15, 0.2) is 18.2 Å². The molecule has 2 rings (SSSR count). The lowest BCUT2D eigenvalue weighted by Crippen LogP contribution is -2.60. The summed E-state index contributed by atoms with van der Waals surface area (Å²) in [5, 5.41) is 38.6. The number of aliphatic hydroxyl groups excluding tert-OH is 4. The number of methoxy groups -OCH3 is 1. The second kappa shape index (κ2) is 7.24. The summed E-state index contributed by atoms with van der Waals surface area (Å²) in [6.45, 7) is 0.859. The van der Waals surface area contributed by atoms with Gasteiger partial charge in [-0.2, -0.15) is 0 Å². The molecular weight excluding hydrogens is 308 g/mol. The van der Waals surface area contributed by atoms with E-state index in [1.54, 1.807) is 0 Å². The third kappa shape index (κ3) is 3.62. The number of benzene rings is 1. The molecule has 0 spiro atoms. The Morgan fingerprint density at radius 2 is 1.87 bits per heavy atom. The molecule has 0 saturated carbocycles. The maximum absolute atomic E-state index is 11.4. The lowest BCUT2D eigenvalue weighted by atomic mass is 9.99. The standard InChI is InChI=1S/C15H20O8/c1-7(17)8-3-4-9(10(5-8)21-2)22-15-14(20)13(19)12(18)11(6-16)23-15/h3-5,11-16,18-20H,6H2,1-2H3/t11-,12-,13+,14-,15+/m1/s1. The van der Waals surface area contributed by atoms with Crippen molar-refractivity contribution in [1.29, 1.82) is 0 Å². The SMILES string of the molecule is COc1cc(C(C)=O)ccc1O[C@H]1O[C@H](CO)[C@@H](O)[C@H](O)[C@H]1O. The van der Waals surface area contributed by atoms with Crippen molar-refractivity contribution in [2.75, 3.05) is 13.7 Å². The molecule has 1 saturated heterocycles. The predicted molar refractivity (Wildman–Crippen MR) is 77.4 cm³/mol. The molecule has 0 amide bonds.